The molecule has 0 spiro atoms. The van der Waals surface area contributed by atoms with E-state index < -0.39 is 16.3 Å². The molecule has 2 aromatic carbocycles. The number of hydrogen-bond donors (Lipinski definition) is 2. The maximum atomic E-state index is 12.1. The molecule has 9 heteroatoms. The molecule has 7 nitrogen and oxygen atoms in total. The number of fused-ring (bicyclic) bond motifs is 1. The Bertz CT molecular complexity index is 887. The van der Waals surface area contributed by atoms with Crippen LogP contribution >= 0.6 is 0 Å². The molecule has 2 N–H and O–H groups in total. The molecular weight excluding hydrogens is 371 g/mol. The third-order valence-electron chi connectivity index (χ3n) is 3.76. The van der Waals surface area contributed by atoms with Gasteiger partial charge in [-0.05, 0) is 41.5 Å². The van der Waals surface area contributed by atoms with Gasteiger partial charge in [-0.3, -0.25) is 4.31 Å². The Kier molecular flexibility index (Phi) is 6.88. The minimum absolute atomic E-state index is 0. The number of ether oxygens (including phenoxy) is 1. The molecule has 0 aromatic heterocycles. The average Bonchev–Trinajstić information content (AvgIpc) is 2.87. The predicted molar refractivity (Wildman–Crippen MR) is 97.8 cm³/mol. The molecule has 2 aromatic rings. The molecule has 25 heavy (non-hydrogen) atoms. The number of phenolic OH excluding ortho intramolecular Hbond substituents is 1. The van der Waals surface area contributed by atoms with E-state index in [1.807, 2.05) is 6.92 Å². The Morgan fingerprint density at radius 2 is 2.08 bits per heavy atom. The average molecular weight is 391 g/mol. The fourth-order valence-electron chi connectivity index (χ4n) is 2.63. The van der Waals surface area contributed by atoms with Crippen LogP contribution in [0, 0.1) is 0 Å². The summed E-state index contributed by atoms with van der Waals surface area (Å²) in [4.78, 5) is 10.9. The molecule has 1 aliphatic rings. The monoisotopic (exact) mass is 390 g/mol. The molecule has 1 unspecified atom stereocenters. The van der Waals surface area contributed by atoms with Crippen LogP contribution in [0.25, 0.3) is 10.8 Å². The molecule has 1 saturated heterocycles. The number of rotatable bonds is 5. The van der Waals surface area contributed by atoms with Crippen molar-refractivity contribution in [2.45, 2.75) is 19.4 Å². The number of hydrogen-bond acceptors (Lipinski definition) is 5. The fraction of sp³-hybridized carbons (Fsp3) is 0.312. The van der Waals surface area contributed by atoms with E-state index in [9.17, 15) is 18.3 Å². The Morgan fingerprint density at radius 1 is 1.32 bits per heavy atom. The predicted octanol–water partition coefficient (Wildman–Crippen LogP) is 0.908. The zero-order valence-corrected chi connectivity index (χ0v) is 13.9. The first kappa shape index (κ1) is 20.6. The molecule has 1 atom stereocenters. The van der Waals surface area contributed by atoms with Gasteiger partial charge in [0.25, 0.3) is 0 Å². The van der Waals surface area contributed by atoms with Gasteiger partial charge in [0, 0.05) is 0 Å². The Labute approximate surface area is 188 Å². The van der Waals surface area contributed by atoms with E-state index in [-0.39, 0.29) is 69.4 Å². The number of phenols is 1. The van der Waals surface area contributed by atoms with Gasteiger partial charge < -0.3 is 14.6 Å². The summed E-state index contributed by atoms with van der Waals surface area (Å²) in [5.74, 6) is 0.510. The molecule has 1 aliphatic heterocycles. The molecule has 3 rings (SSSR count). The Hall–Kier alpha value is -0.684. The van der Waals surface area contributed by atoms with Crippen molar-refractivity contribution in [3.05, 3.63) is 30.3 Å². The van der Waals surface area contributed by atoms with Crippen LogP contribution < -0.4 is 13.8 Å². The van der Waals surface area contributed by atoms with Crippen molar-refractivity contribution >= 4 is 84.3 Å². The van der Waals surface area contributed by atoms with Crippen molar-refractivity contribution in [2.24, 2.45) is 0 Å². The second kappa shape index (κ2) is 8.34. The summed E-state index contributed by atoms with van der Waals surface area (Å²) in [5.41, 5.74) is 0.131. The van der Waals surface area contributed by atoms with Gasteiger partial charge in [-0.25, -0.2) is 0 Å². The van der Waals surface area contributed by atoms with Crippen LogP contribution in [0.2, 0.25) is 0 Å². The maximum absolute atomic E-state index is 12.1. The van der Waals surface area contributed by atoms with Crippen LogP contribution in [0.4, 0.5) is 5.69 Å². The van der Waals surface area contributed by atoms with Crippen LogP contribution in [0.5, 0.6) is 11.5 Å². The van der Waals surface area contributed by atoms with Crippen molar-refractivity contribution in [2.75, 3.05) is 17.5 Å². The third kappa shape index (κ3) is 4.36. The Morgan fingerprint density at radius 3 is 2.72 bits per heavy atom. The van der Waals surface area contributed by atoms with Gasteiger partial charge in [-0.1, -0.05) is 13.0 Å². The van der Waals surface area contributed by atoms with Gasteiger partial charge in [-0.15, -0.1) is 0 Å². The first-order chi connectivity index (χ1) is 11.4. The number of aldehydes is 1. The summed E-state index contributed by atoms with van der Waals surface area (Å²) >= 11 is 0. The number of carbonyl (C=O) groups is 1. The van der Waals surface area contributed by atoms with Crippen molar-refractivity contribution in [3.63, 3.8) is 0 Å². The van der Waals surface area contributed by atoms with Gasteiger partial charge >= 0.3 is 61.6 Å². The number of aromatic hydroxyl groups is 1. The first-order valence-corrected chi connectivity index (χ1v) is 9.03. The zero-order valence-electron chi connectivity index (χ0n) is 13.1. The normalized spacial score (nSPS) is 18.8. The van der Waals surface area contributed by atoms with Crippen molar-refractivity contribution in [3.8, 4) is 11.5 Å². The molecule has 0 amide bonds. The van der Waals surface area contributed by atoms with E-state index in [4.69, 9.17) is 4.74 Å². The molecule has 1 fully saturated rings. The van der Waals surface area contributed by atoms with Crippen LogP contribution in [-0.4, -0.2) is 90.4 Å². The minimum atomic E-state index is -3.86. The summed E-state index contributed by atoms with van der Waals surface area (Å²) in [6.45, 7) is 2.53. The summed E-state index contributed by atoms with van der Waals surface area (Å²) in [5, 5.41) is 11.7. The molecule has 0 radical (unpaired) electrons. The number of benzene rings is 2. The SMILES string of the molecule is CCCOc1ccc2cc(O)c(N3CC(C=O)NS3(=O)=O)cc2c1.[KH]. The zero-order chi connectivity index (χ0) is 17.3. The van der Waals surface area contributed by atoms with Gasteiger partial charge in [0.1, 0.15) is 17.8 Å². The number of anilines is 1. The molecule has 1 heterocycles. The molecule has 0 aliphatic carbocycles. The Balaban J connectivity index is 0.00000225. The van der Waals surface area contributed by atoms with Gasteiger partial charge in [0.05, 0.1) is 24.9 Å². The second-order valence-electron chi connectivity index (χ2n) is 5.59. The van der Waals surface area contributed by atoms with Gasteiger partial charge in [-0.2, -0.15) is 13.1 Å². The third-order valence-corrected chi connectivity index (χ3v) is 5.29. The number of nitrogens with one attached hydrogen (secondary N) is 1. The topological polar surface area (TPSA) is 95.9 Å². The van der Waals surface area contributed by atoms with Gasteiger partial charge in [0.2, 0.25) is 0 Å². The standard InChI is InChI=1S/C16H18N2O5S.K.H/c1-2-5-23-14-4-3-11-8-16(20)15(7-12(11)6-14)18-9-13(10-19)17-24(18,21)22;;/h3-4,6-8,10,13,17,20H,2,5,9H2,1H3;;. The van der Waals surface area contributed by atoms with E-state index in [0.29, 0.717) is 18.6 Å². The first-order valence-electron chi connectivity index (χ1n) is 7.59. The fourth-order valence-corrected chi connectivity index (χ4v) is 4.03. The van der Waals surface area contributed by atoms with Crippen molar-refractivity contribution in [1.29, 1.82) is 0 Å². The summed E-state index contributed by atoms with van der Waals surface area (Å²) in [6.07, 6.45) is 1.41. The van der Waals surface area contributed by atoms with E-state index in [1.165, 1.54) is 6.07 Å². The molecule has 0 bridgehead atoms. The summed E-state index contributed by atoms with van der Waals surface area (Å²) < 4.78 is 33.1. The van der Waals surface area contributed by atoms with E-state index in [2.05, 4.69) is 4.72 Å². The summed E-state index contributed by atoms with van der Waals surface area (Å²) in [7, 11) is -3.86. The second-order valence-corrected chi connectivity index (χ2v) is 7.22. The molecular formula is C16H19KN2O5S. The van der Waals surface area contributed by atoms with Gasteiger partial charge in [0.15, 0.2) is 0 Å². The van der Waals surface area contributed by atoms with E-state index >= 15 is 0 Å². The van der Waals surface area contributed by atoms with Crippen LogP contribution in [-0.2, 0) is 15.0 Å². The van der Waals surface area contributed by atoms with Crippen LogP contribution in [0.1, 0.15) is 13.3 Å². The molecule has 0 saturated carbocycles. The van der Waals surface area contributed by atoms with Crippen molar-refractivity contribution < 1.29 is 23.1 Å². The van der Waals surface area contributed by atoms with Crippen LogP contribution in [0.15, 0.2) is 30.3 Å². The summed E-state index contributed by atoms with van der Waals surface area (Å²) in [6, 6.07) is 7.64. The van der Waals surface area contributed by atoms with Crippen LogP contribution in [0.3, 0.4) is 0 Å². The van der Waals surface area contributed by atoms with Crippen molar-refractivity contribution in [1.82, 2.24) is 4.72 Å². The molecule has 130 valence electrons. The quantitative estimate of drug-likeness (QED) is 0.584. The number of carbonyl (C=O) groups excluding carboxylic acids is 1. The number of nitrogens with zero attached hydrogens (tertiary/aromatic N) is 1. The van der Waals surface area contributed by atoms with E-state index in [1.54, 1.807) is 24.3 Å². The van der Waals surface area contributed by atoms with E-state index in [0.717, 1.165) is 21.5 Å².